The summed E-state index contributed by atoms with van der Waals surface area (Å²) in [6.07, 6.45) is 0. The van der Waals surface area contributed by atoms with E-state index in [1.165, 1.54) is 11.6 Å². The maximum Gasteiger partial charge on any atom is 2.00 e. The summed E-state index contributed by atoms with van der Waals surface area (Å²) in [5, 5.41) is 7.93. The summed E-state index contributed by atoms with van der Waals surface area (Å²) >= 11 is 4.15. The molecule has 0 bridgehead atoms. The maximum atomic E-state index is 11.2. The average Bonchev–Trinajstić information content (AvgIpc) is 3.12. The quantitative estimate of drug-likeness (QED) is 0.425. The zero-order valence-electron chi connectivity index (χ0n) is 10.7. The fourth-order valence-electron chi connectivity index (χ4n) is 1.60. The number of hydrogen-bond acceptors (Lipinski definition) is 4. The van der Waals surface area contributed by atoms with Crippen molar-refractivity contribution in [3.05, 3.63) is 54.6 Å². The van der Waals surface area contributed by atoms with Gasteiger partial charge in [0.1, 0.15) is 0 Å². The number of aromatic nitrogens is 3. The van der Waals surface area contributed by atoms with Gasteiger partial charge in [0, 0.05) is 12.6 Å². The van der Waals surface area contributed by atoms with Gasteiger partial charge in [-0.15, -0.1) is 12.1 Å². The topological polar surface area (TPSA) is 47.8 Å². The Kier molecular flexibility index (Phi) is 6.45. The summed E-state index contributed by atoms with van der Waals surface area (Å²) < 4.78 is 1.25. The van der Waals surface area contributed by atoms with E-state index < -0.39 is 0 Å². The molecule has 0 aliphatic carbocycles. The van der Waals surface area contributed by atoms with Crippen molar-refractivity contribution in [2.45, 2.75) is 11.9 Å². The molecule has 0 amide bonds. The second-order valence-electron chi connectivity index (χ2n) is 3.83. The number of hydrogen-bond donors (Lipinski definition) is 1. The standard InChI is InChI=1S/C9H8N3OS.C5H5.Fe/c1-6(13)12-8(9(14)10-11-12)7-4-2-3-5-7;1-2-4-5-3-1;/h2-5,14H,1H3;1-5H;/q2*-1;+2. The van der Waals surface area contributed by atoms with Gasteiger partial charge in [-0.2, -0.15) is 52.7 Å². The van der Waals surface area contributed by atoms with E-state index in [1.54, 1.807) is 0 Å². The summed E-state index contributed by atoms with van der Waals surface area (Å²) in [7, 11) is 0. The first-order valence-corrected chi connectivity index (χ1v) is 6.19. The number of carbonyl (C=O) groups excluding carboxylic acids is 1. The van der Waals surface area contributed by atoms with E-state index in [1.807, 2.05) is 54.6 Å². The van der Waals surface area contributed by atoms with Crippen LogP contribution in [0.4, 0.5) is 0 Å². The Morgan fingerprint density at radius 3 is 2.30 bits per heavy atom. The van der Waals surface area contributed by atoms with E-state index in [9.17, 15) is 4.79 Å². The fourth-order valence-corrected chi connectivity index (χ4v) is 1.86. The molecule has 0 radical (unpaired) electrons. The third-order valence-electron chi connectivity index (χ3n) is 2.44. The van der Waals surface area contributed by atoms with E-state index in [0.29, 0.717) is 10.7 Å². The molecule has 0 aliphatic heterocycles. The molecule has 3 rings (SSSR count). The predicted molar refractivity (Wildman–Crippen MR) is 76.6 cm³/mol. The van der Waals surface area contributed by atoms with E-state index in [2.05, 4.69) is 22.9 Å². The Balaban J connectivity index is 0.000000283. The smallest absolute Gasteiger partial charge is 0.273 e. The molecule has 0 fully saturated rings. The molecule has 0 N–H and O–H groups in total. The molecular formula is C14H13FeN3OS. The zero-order chi connectivity index (χ0) is 13.7. The predicted octanol–water partition coefficient (Wildman–Crippen LogP) is 3.02. The van der Waals surface area contributed by atoms with Crippen LogP contribution in [-0.4, -0.2) is 20.9 Å². The van der Waals surface area contributed by atoms with Crippen molar-refractivity contribution in [3.8, 4) is 11.3 Å². The molecule has 0 atom stereocenters. The van der Waals surface area contributed by atoms with E-state index in [4.69, 9.17) is 0 Å². The largest absolute Gasteiger partial charge is 2.00 e. The van der Waals surface area contributed by atoms with Crippen LogP contribution in [0.1, 0.15) is 11.7 Å². The van der Waals surface area contributed by atoms with Gasteiger partial charge in [0.25, 0.3) is 0 Å². The van der Waals surface area contributed by atoms with Crippen LogP contribution >= 0.6 is 12.6 Å². The molecule has 0 aliphatic rings. The van der Waals surface area contributed by atoms with Crippen LogP contribution in [0.15, 0.2) is 59.6 Å². The summed E-state index contributed by atoms with van der Waals surface area (Å²) in [6.45, 7) is 1.44. The third kappa shape index (κ3) is 3.93. The first-order valence-electron chi connectivity index (χ1n) is 5.74. The van der Waals surface area contributed by atoms with Gasteiger partial charge in [0.05, 0.1) is 5.03 Å². The third-order valence-corrected chi connectivity index (χ3v) is 2.74. The second kappa shape index (κ2) is 7.84. The van der Waals surface area contributed by atoms with Crippen molar-refractivity contribution in [2.75, 3.05) is 0 Å². The SMILES string of the molecule is CC(=O)n1nnc(S)c1-[c-]1cccc1.[Fe+2].c1cc[cH-]c1. The molecule has 0 spiro atoms. The van der Waals surface area contributed by atoms with Gasteiger partial charge >= 0.3 is 17.1 Å². The first-order chi connectivity index (χ1) is 9.20. The van der Waals surface area contributed by atoms with E-state index >= 15 is 0 Å². The molecule has 0 unspecified atom stereocenters. The minimum Gasteiger partial charge on any atom is -0.273 e. The molecule has 6 heteroatoms. The van der Waals surface area contributed by atoms with Crippen LogP contribution in [0, 0.1) is 0 Å². The minimum atomic E-state index is -0.172. The normalized spacial score (nSPS) is 9.30. The first kappa shape index (κ1) is 16.4. The Bertz CT molecular complexity index is 612. The molecule has 1 aromatic heterocycles. The molecule has 2 aromatic carbocycles. The van der Waals surface area contributed by atoms with Crippen molar-refractivity contribution in [1.82, 2.24) is 15.0 Å². The summed E-state index contributed by atoms with van der Waals surface area (Å²) in [6, 6.07) is 17.6. The van der Waals surface area contributed by atoms with Crippen LogP contribution in [-0.2, 0) is 17.1 Å². The number of nitrogens with zero attached hydrogens (tertiary/aromatic N) is 3. The fraction of sp³-hybridized carbons (Fsp3) is 0.0714. The van der Waals surface area contributed by atoms with Gasteiger partial charge in [-0.3, -0.25) is 4.79 Å². The van der Waals surface area contributed by atoms with Crippen molar-refractivity contribution < 1.29 is 21.9 Å². The minimum absolute atomic E-state index is 0. The van der Waals surface area contributed by atoms with Gasteiger partial charge in [-0.1, -0.05) is 10.8 Å². The summed E-state index contributed by atoms with van der Waals surface area (Å²) in [5.41, 5.74) is 1.54. The second-order valence-corrected chi connectivity index (χ2v) is 4.25. The molecule has 3 aromatic rings. The van der Waals surface area contributed by atoms with Crippen molar-refractivity contribution in [3.63, 3.8) is 0 Å². The molecule has 0 saturated heterocycles. The van der Waals surface area contributed by atoms with Crippen LogP contribution in [0.5, 0.6) is 0 Å². The van der Waals surface area contributed by atoms with Gasteiger partial charge in [0.15, 0.2) is 0 Å². The molecule has 20 heavy (non-hydrogen) atoms. The number of carbonyl (C=O) groups is 1. The van der Waals surface area contributed by atoms with E-state index in [-0.39, 0.29) is 23.0 Å². The Morgan fingerprint density at radius 2 is 1.85 bits per heavy atom. The summed E-state index contributed by atoms with van der Waals surface area (Å²) in [4.78, 5) is 11.2. The van der Waals surface area contributed by atoms with Crippen LogP contribution in [0.25, 0.3) is 11.3 Å². The van der Waals surface area contributed by atoms with Crippen LogP contribution in [0.2, 0.25) is 0 Å². The van der Waals surface area contributed by atoms with Gasteiger partial charge in [-0.25, -0.2) is 12.1 Å². The molecule has 1 heterocycles. The molecule has 104 valence electrons. The van der Waals surface area contributed by atoms with Gasteiger partial charge in [-0.05, 0) is 0 Å². The Hall–Kier alpha value is -1.62. The Labute approximate surface area is 133 Å². The molecule has 4 nitrogen and oxygen atoms in total. The Morgan fingerprint density at radius 1 is 1.25 bits per heavy atom. The zero-order valence-corrected chi connectivity index (χ0v) is 12.7. The maximum absolute atomic E-state index is 11.2. The van der Waals surface area contributed by atoms with Gasteiger partial charge in [0.2, 0.25) is 5.91 Å². The number of rotatable bonds is 1. The summed E-state index contributed by atoms with van der Waals surface area (Å²) in [5.74, 6) is -0.172. The monoisotopic (exact) mass is 327 g/mol. The van der Waals surface area contributed by atoms with Crippen molar-refractivity contribution in [2.24, 2.45) is 0 Å². The number of thiol groups is 1. The molecule has 0 saturated carbocycles. The van der Waals surface area contributed by atoms with Crippen molar-refractivity contribution >= 4 is 18.5 Å². The van der Waals surface area contributed by atoms with Gasteiger partial charge < -0.3 is 0 Å². The molecular weight excluding hydrogens is 314 g/mol. The van der Waals surface area contributed by atoms with Crippen LogP contribution in [0.3, 0.4) is 0 Å². The van der Waals surface area contributed by atoms with E-state index in [0.717, 1.165) is 5.56 Å². The van der Waals surface area contributed by atoms with Crippen LogP contribution < -0.4 is 0 Å². The average molecular weight is 327 g/mol. The van der Waals surface area contributed by atoms with Crippen molar-refractivity contribution in [1.29, 1.82) is 0 Å².